The summed E-state index contributed by atoms with van der Waals surface area (Å²) >= 11 is 0. The molecule has 0 bridgehead atoms. The van der Waals surface area contributed by atoms with Gasteiger partial charge in [-0.2, -0.15) is 0 Å². The van der Waals surface area contributed by atoms with Crippen LogP contribution in [-0.2, 0) is 11.3 Å². The van der Waals surface area contributed by atoms with Gasteiger partial charge in [0.2, 0.25) is 5.91 Å². The summed E-state index contributed by atoms with van der Waals surface area (Å²) in [5, 5.41) is 0. The number of piperidine rings is 1. The molecule has 0 radical (unpaired) electrons. The second-order valence-corrected chi connectivity index (χ2v) is 7.56. The molecule has 0 aromatic heterocycles. The average Bonchev–Trinajstić information content (AvgIpc) is 3.00. The van der Waals surface area contributed by atoms with E-state index in [4.69, 9.17) is 5.73 Å². The Labute approximate surface area is 146 Å². The Balaban J connectivity index is 1.44. The van der Waals surface area contributed by atoms with Crippen molar-refractivity contribution in [3.63, 3.8) is 0 Å². The second kappa shape index (κ2) is 8.13. The summed E-state index contributed by atoms with van der Waals surface area (Å²) in [6.07, 6.45) is 6.18. The van der Waals surface area contributed by atoms with E-state index in [1.807, 2.05) is 11.9 Å². The van der Waals surface area contributed by atoms with Crippen LogP contribution in [0.4, 0.5) is 0 Å². The fourth-order valence-electron chi connectivity index (χ4n) is 4.20. The fourth-order valence-corrected chi connectivity index (χ4v) is 4.20. The van der Waals surface area contributed by atoms with Crippen LogP contribution in [0.3, 0.4) is 0 Å². The van der Waals surface area contributed by atoms with Gasteiger partial charge in [0.05, 0.1) is 0 Å². The van der Waals surface area contributed by atoms with Crippen LogP contribution in [0, 0.1) is 5.92 Å². The van der Waals surface area contributed by atoms with Gasteiger partial charge >= 0.3 is 0 Å². The maximum Gasteiger partial charge on any atom is 0.222 e. The summed E-state index contributed by atoms with van der Waals surface area (Å²) in [6, 6.07) is 11.3. The van der Waals surface area contributed by atoms with E-state index in [0.29, 0.717) is 24.3 Å². The van der Waals surface area contributed by atoms with Crippen molar-refractivity contribution >= 4 is 5.91 Å². The molecule has 1 amide bonds. The Bertz CT molecular complexity index is 525. The molecular formula is C20H31N3O. The molecule has 2 fully saturated rings. The number of carbonyl (C=O) groups excluding carboxylic acids is 1. The van der Waals surface area contributed by atoms with Crippen LogP contribution < -0.4 is 5.73 Å². The summed E-state index contributed by atoms with van der Waals surface area (Å²) in [5.74, 6) is 0.692. The monoisotopic (exact) mass is 329 g/mol. The predicted molar refractivity (Wildman–Crippen MR) is 97.4 cm³/mol. The highest BCUT2D eigenvalue weighted by atomic mass is 16.2. The lowest BCUT2D eigenvalue weighted by Crippen LogP contribution is -2.46. The molecule has 1 aromatic rings. The van der Waals surface area contributed by atoms with Crippen LogP contribution in [0.15, 0.2) is 30.3 Å². The molecule has 2 aliphatic rings. The summed E-state index contributed by atoms with van der Waals surface area (Å²) in [7, 11) is 1.99. The van der Waals surface area contributed by atoms with E-state index in [9.17, 15) is 4.79 Å². The summed E-state index contributed by atoms with van der Waals surface area (Å²) in [6.45, 7) is 3.16. The zero-order chi connectivity index (χ0) is 16.9. The third-order valence-corrected chi connectivity index (χ3v) is 5.90. The Hall–Kier alpha value is -1.39. The van der Waals surface area contributed by atoms with Gasteiger partial charge in [0, 0.05) is 45.2 Å². The van der Waals surface area contributed by atoms with Gasteiger partial charge in [0.15, 0.2) is 0 Å². The molecule has 1 saturated heterocycles. The van der Waals surface area contributed by atoms with Crippen molar-refractivity contribution in [1.29, 1.82) is 0 Å². The highest BCUT2D eigenvalue weighted by Gasteiger charge is 2.30. The summed E-state index contributed by atoms with van der Waals surface area (Å²) in [5.41, 5.74) is 7.49. The zero-order valence-electron chi connectivity index (χ0n) is 14.9. The SMILES string of the molecule is CN(C(=O)C[C@@H]1CCC[C@H]1N)C1CCN(Cc2ccccc2)CC1. The first-order chi connectivity index (χ1) is 11.6. The van der Waals surface area contributed by atoms with Gasteiger partial charge in [0.25, 0.3) is 0 Å². The molecule has 3 rings (SSSR count). The quantitative estimate of drug-likeness (QED) is 0.903. The molecule has 1 aliphatic carbocycles. The first-order valence-corrected chi connectivity index (χ1v) is 9.41. The molecule has 0 unspecified atom stereocenters. The van der Waals surface area contributed by atoms with Gasteiger partial charge in [-0.05, 0) is 37.2 Å². The van der Waals surface area contributed by atoms with Crippen molar-refractivity contribution in [2.24, 2.45) is 11.7 Å². The van der Waals surface area contributed by atoms with Crippen molar-refractivity contribution in [3.8, 4) is 0 Å². The molecule has 0 spiro atoms. The van der Waals surface area contributed by atoms with Crippen LogP contribution in [0.5, 0.6) is 0 Å². The number of nitrogens with two attached hydrogens (primary N) is 1. The third kappa shape index (κ3) is 4.37. The van der Waals surface area contributed by atoms with E-state index in [1.54, 1.807) is 0 Å². The lowest BCUT2D eigenvalue weighted by molar-refractivity contribution is -0.134. The molecule has 1 aliphatic heterocycles. The third-order valence-electron chi connectivity index (χ3n) is 5.90. The number of benzene rings is 1. The minimum absolute atomic E-state index is 0.232. The van der Waals surface area contributed by atoms with Gasteiger partial charge in [-0.3, -0.25) is 9.69 Å². The van der Waals surface area contributed by atoms with E-state index in [-0.39, 0.29) is 6.04 Å². The molecular weight excluding hydrogens is 298 g/mol. The molecule has 2 N–H and O–H groups in total. The highest BCUT2D eigenvalue weighted by molar-refractivity contribution is 5.76. The zero-order valence-corrected chi connectivity index (χ0v) is 14.9. The Morgan fingerprint density at radius 2 is 1.88 bits per heavy atom. The lowest BCUT2D eigenvalue weighted by atomic mass is 9.97. The maximum absolute atomic E-state index is 12.6. The van der Waals surface area contributed by atoms with Crippen molar-refractivity contribution < 1.29 is 4.79 Å². The van der Waals surface area contributed by atoms with Gasteiger partial charge in [-0.25, -0.2) is 0 Å². The van der Waals surface area contributed by atoms with Gasteiger partial charge in [0.1, 0.15) is 0 Å². The van der Waals surface area contributed by atoms with E-state index >= 15 is 0 Å². The molecule has 4 heteroatoms. The van der Waals surface area contributed by atoms with Crippen LogP contribution in [0.25, 0.3) is 0 Å². The summed E-state index contributed by atoms with van der Waals surface area (Å²) < 4.78 is 0. The number of nitrogens with zero attached hydrogens (tertiary/aromatic N) is 2. The Kier molecular flexibility index (Phi) is 5.90. The van der Waals surface area contributed by atoms with E-state index < -0.39 is 0 Å². The first kappa shape index (κ1) is 17.4. The first-order valence-electron chi connectivity index (χ1n) is 9.41. The van der Waals surface area contributed by atoms with Crippen molar-refractivity contribution in [2.45, 2.75) is 57.2 Å². The minimum Gasteiger partial charge on any atom is -0.343 e. The van der Waals surface area contributed by atoms with Crippen LogP contribution >= 0.6 is 0 Å². The van der Waals surface area contributed by atoms with E-state index in [0.717, 1.165) is 45.3 Å². The van der Waals surface area contributed by atoms with Crippen LogP contribution in [-0.4, -0.2) is 47.9 Å². The minimum atomic E-state index is 0.232. The molecule has 1 aromatic carbocycles. The van der Waals surface area contributed by atoms with Crippen LogP contribution in [0.2, 0.25) is 0 Å². The topological polar surface area (TPSA) is 49.6 Å². The molecule has 1 heterocycles. The van der Waals surface area contributed by atoms with Crippen molar-refractivity contribution in [2.75, 3.05) is 20.1 Å². The Morgan fingerprint density at radius 1 is 1.17 bits per heavy atom. The molecule has 1 saturated carbocycles. The standard InChI is InChI=1S/C20H31N3O/c1-22(20(24)14-17-8-5-9-19(17)21)18-10-12-23(13-11-18)15-16-6-3-2-4-7-16/h2-4,6-7,17-19H,5,8-15,21H2,1H3/t17-,19+/m0/s1. The van der Waals surface area contributed by atoms with Gasteiger partial charge in [-0.1, -0.05) is 36.8 Å². The van der Waals surface area contributed by atoms with E-state index in [1.165, 1.54) is 12.0 Å². The van der Waals surface area contributed by atoms with Gasteiger partial charge < -0.3 is 10.6 Å². The number of amides is 1. The number of hydrogen-bond donors (Lipinski definition) is 1. The highest BCUT2D eigenvalue weighted by Crippen LogP contribution is 2.28. The smallest absolute Gasteiger partial charge is 0.222 e. The molecule has 24 heavy (non-hydrogen) atoms. The number of hydrogen-bond acceptors (Lipinski definition) is 3. The van der Waals surface area contributed by atoms with E-state index in [2.05, 4.69) is 35.2 Å². The molecule has 132 valence electrons. The second-order valence-electron chi connectivity index (χ2n) is 7.56. The number of carbonyl (C=O) groups is 1. The largest absolute Gasteiger partial charge is 0.343 e. The lowest BCUT2D eigenvalue weighted by Gasteiger charge is -2.37. The predicted octanol–water partition coefficient (Wildman–Crippen LogP) is 2.63. The maximum atomic E-state index is 12.6. The fraction of sp³-hybridized carbons (Fsp3) is 0.650. The van der Waals surface area contributed by atoms with Gasteiger partial charge in [-0.15, -0.1) is 0 Å². The Morgan fingerprint density at radius 3 is 2.50 bits per heavy atom. The number of rotatable bonds is 5. The molecule has 4 nitrogen and oxygen atoms in total. The van der Waals surface area contributed by atoms with Crippen molar-refractivity contribution in [1.82, 2.24) is 9.80 Å². The summed E-state index contributed by atoms with van der Waals surface area (Å²) in [4.78, 5) is 17.1. The average molecular weight is 329 g/mol. The number of likely N-dealkylation sites (tertiary alicyclic amines) is 1. The van der Waals surface area contributed by atoms with Crippen LogP contribution in [0.1, 0.15) is 44.1 Å². The van der Waals surface area contributed by atoms with Crippen molar-refractivity contribution in [3.05, 3.63) is 35.9 Å². The normalized spacial score (nSPS) is 25.8. The molecule has 2 atom stereocenters.